The zero-order valence-corrected chi connectivity index (χ0v) is 5.10. The first-order chi connectivity index (χ1) is 4.25. The van der Waals surface area contributed by atoms with Crippen LogP contribution >= 0.6 is 0 Å². The fourth-order valence-corrected chi connectivity index (χ4v) is 0.582. The Morgan fingerprint density at radius 2 is 2.44 bits per heavy atom. The molecule has 0 unspecified atom stereocenters. The number of hydrogen-bond acceptors (Lipinski definition) is 3. The van der Waals surface area contributed by atoms with Crippen LogP contribution in [0.5, 0.6) is 0 Å². The third-order valence-electron chi connectivity index (χ3n) is 1.21. The van der Waals surface area contributed by atoms with Gasteiger partial charge in [-0.1, -0.05) is 0 Å². The van der Waals surface area contributed by atoms with Crippen molar-refractivity contribution < 1.29 is 4.52 Å². The molecule has 4 heteroatoms. The van der Waals surface area contributed by atoms with Crippen LogP contribution in [0.4, 0.5) is 0 Å². The molecule has 4 nitrogen and oxygen atoms in total. The van der Waals surface area contributed by atoms with Gasteiger partial charge in [0, 0.05) is 0 Å². The van der Waals surface area contributed by atoms with Crippen molar-refractivity contribution in [2.45, 2.75) is 13.5 Å². The van der Waals surface area contributed by atoms with Crippen LogP contribution in [-0.2, 0) is 6.54 Å². The van der Waals surface area contributed by atoms with E-state index in [1.807, 2.05) is 0 Å². The fourth-order valence-electron chi connectivity index (χ4n) is 0.582. The van der Waals surface area contributed by atoms with Crippen molar-refractivity contribution in [2.75, 3.05) is 0 Å². The molecule has 0 aromatic carbocycles. The summed E-state index contributed by atoms with van der Waals surface area (Å²) in [4.78, 5) is 10.6. The SMILES string of the molecule is Cc1c(CN)o[nH]c1=O. The predicted octanol–water partition coefficient (Wildman–Crippen LogP) is -0.265. The minimum absolute atomic E-state index is 0.199. The summed E-state index contributed by atoms with van der Waals surface area (Å²) in [5.41, 5.74) is 5.58. The normalized spacial score (nSPS) is 10.0. The second-order valence-electron chi connectivity index (χ2n) is 1.79. The second kappa shape index (κ2) is 2.06. The highest BCUT2D eigenvalue weighted by atomic mass is 16.5. The lowest BCUT2D eigenvalue weighted by molar-refractivity contribution is 0.379. The first-order valence-electron chi connectivity index (χ1n) is 2.62. The van der Waals surface area contributed by atoms with Crippen molar-refractivity contribution in [3.8, 4) is 0 Å². The molecule has 1 aromatic rings. The van der Waals surface area contributed by atoms with Crippen LogP contribution in [0.15, 0.2) is 9.32 Å². The van der Waals surface area contributed by atoms with E-state index in [1.165, 1.54) is 0 Å². The largest absolute Gasteiger partial charge is 0.382 e. The summed E-state index contributed by atoms with van der Waals surface area (Å²) in [6, 6.07) is 0. The molecule has 1 rings (SSSR count). The number of hydrogen-bond donors (Lipinski definition) is 2. The van der Waals surface area contributed by atoms with E-state index >= 15 is 0 Å². The minimum Gasteiger partial charge on any atom is -0.382 e. The molecule has 0 aliphatic carbocycles. The van der Waals surface area contributed by atoms with Crippen molar-refractivity contribution in [1.29, 1.82) is 0 Å². The van der Waals surface area contributed by atoms with Crippen molar-refractivity contribution >= 4 is 0 Å². The van der Waals surface area contributed by atoms with Gasteiger partial charge in [0.15, 0.2) is 5.76 Å². The Hall–Kier alpha value is -1.03. The highest BCUT2D eigenvalue weighted by Crippen LogP contribution is 1.97. The number of nitrogens with two attached hydrogens (primary N) is 1. The van der Waals surface area contributed by atoms with Crippen LogP contribution in [-0.4, -0.2) is 5.16 Å². The lowest BCUT2D eigenvalue weighted by Gasteiger charge is -1.84. The summed E-state index contributed by atoms with van der Waals surface area (Å²) in [6.07, 6.45) is 0. The molecule has 0 spiro atoms. The average molecular weight is 128 g/mol. The lowest BCUT2D eigenvalue weighted by atomic mass is 10.3. The van der Waals surface area contributed by atoms with Gasteiger partial charge in [-0.05, 0) is 6.92 Å². The molecule has 0 saturated carbocycles. The second-order valence-corrected chi connectivity index (χ2v) is 1.79. The van der Waals surface area contributed by atoms with Crippen molar-refractivity contribution in [2.24, 2.45) is 5.73 Å². The minimum atomic E-state index is -0.199. The van der Waals surface area contributed by atoms with E-state index in [0.717, 1.165) is 0 Å². The zero-order chi connectivity index (χ0) is 6.85. The highest BCUT2D eigenvalue weighted by Gasteiger charge is 2.03. The summed E-state index contributed by atoms with van der Waals surface area (Å²) < 4.78 is 4.68. The van der Waals surface area contributed by atoms with Crippen LogP contribution < -0.4 is 11.3 Å². The predicted molar refractivity (Wildman–Crippen MR) is 32.0 cm³/mol. The molecule has 50 valence electrons. The Morgan fingerprint density at radius 3 is 2.67 bits per heavy atom. The zero-order valence-electron chi connectivity index (χ0n) is 5.10. The molecule has 1 aromatic heterocycles. The van der Waals surface area contributed by atoms with Crippen molar-refractivity contribution in [3.63, 3.8) is 0 Å². The standard InChI is InChI=1S/C5H8N2O2/c1-3-4(2-6)9-7-5(3)8/h2,6H2,1H3,(H,7,8). The third-order valence-corrected chi connectivity index (χ3v) is 1.21. The fraction of sp³-hybridized carbons (Fsp3) is 0.400. The Labute approximate surface area is 51.6 Å². The summed E-state index contributed by atoms with van der Waals surface area (Å²) in [5.74, 6) is 0.528. The van der Waals surface area contributed by atoms with Gasteiger partial charge >= 0.3 is 0 Å². The molecule has 0 radical (unpaired) electrons. The van der Waals surface area contributed by atoms with E-state index in [4.69, 9.17) is 5.73 Å². The summed E-state index contributed by atoms with van der Waals surface area (Å²) in [6.45, 7) is 1.94. The average Bonchev–Trinajstić information content (AvgIpc) is 2.15. The van der Waals surface area contributed by atoms with Crippen LogP contribution in [0, 0.1) is 6.92 Å². The lowest BCUT2D eigenvalue weighted by Crippen LogP contribution is -2.03. The van der Waals surface area contributed by atoms with Gasteiger partial charge < -0.3 is 10.3 Å². The monoisotopic (exact) mass is 128 g/mol. The Morgan fingerprint density at radius 1 is 1.78 bits per heavy atom. The first-order valence-corrected chi connectivity index (χ1v) is 2.62. The van der Waals surface area contributed by atoms with Gasteiger partial charge in [-0.15, -0.1) is 0 Å². The smallest absolute Gasteiger partial charge is 0.283 e. The molecule has 0 aliphatic rings. The summed E-state index contributed by atoms with van der Waals surface area (Å²) in [5, 5.41) is 2.18. The number of aromatic nitrogens is 1. The van der Waals surface area contributed by atoms with Gasteiger partial charge in [0.1, 0.15) is 0 Å². The van der Waals surface area contributed by atoms with Gasteiger partial charge in [-0.25, -0.2) is 0 Å². The molecule has 0 fully saturated rings. The molecule has 0 amide bonds. The molecule has 0 saturated heterocycles. The van der Waals surface area contributed by atoms with Gasteiger partial charge in [0.25, 0.3) is 5.56 Å². The third kappa shape index (κ3) is 0.882. The molecule has 1 heterocycles. The van der Waals surface area contributed by atoms with Crippen LogP contribution in [0.3, 0.4) is 0 Å². The van der Waals surface area contributed by atoms with Crippen LogP contribution in [0.2, 0.25) is 0 Å². The van der Waals surface area contributed by atoms with Crippen molar-refractivity contribution in [1.82, 2.24) is 5.16 Å². The molecule has 0 aliphatic heterocycles. The van der Waals surface area contributed by atoms with Gasteiger partial charge in [-0.2, -0.15) is 5.16 Å². The van der Waals surface area contributed by atoms with Crippen LogP contribution in [0.25, 0.3) is 0 Å². The van der Waals surface area contributed by atoms with Gasteiger partial charge in [-0.3, -0.25) is 4.79 Å². The summed E-state index contributed by atoms with van der Waals surface area (Å²) >= 11 is 0. The van der Waals surface area contributed by atoms with Gasteiger partial charge in [0.05, 0.1) is 12.1 Å². The van der Waals surface area contributed by atoms with Gasteiger partial charge in [0.2, 0.25) is 0 Å². The number of rotatable bonds is 1. The maximum atomic E-state index is 10.6. The van der Waals surface area contributed by atoms with Crippen LogP contribution in [0.1, 0.15) is 11.3 Å². The quantitative estimate of drug-likeness (QED) is 0.547. The molecule has 9 heavy (non-hydrogen) atoms. The maximum Gasteiger partial charge on any atom is 0.283 e. The molecule has 0 bridgehead atoms. The Bertz CT molecular complexity index is 248. The molecular formula is C5H8N2O2. The van der Waals surface area contributed by atoms with E-state index in [0.29, 0.717) is 11.3 Å². The topological polar surface area (TPSA) is 72.0 Å². The number of aromatic amines is 1. The maximum absolute atomic E-state index is 10.6. The van der Waals surface area contributed by atoms with E-state index in [9.17, 15) is 4.79 Å². The molecule has 0 atom stereocenters. The first kappa shape index (κ1) is 6.10. The van der Waals surface area contributed by atoms with E-state index in [2.05, 4.69) is 9.68 Å². The number of nitrogens with one attached hydrogen (secondary N) is 1. The van der Waals surface area contributed by atoms with E-state index < -0.39 is 0 Å². The summed E-state index contributed by atoms with van der Waals surface area (Å²) in [7, 11) is 0. The molecule has 3 N–H and O–H groups in total. The Balaban J connectivity index is 3.20. The Kier molecular flexibility index (Phi) is 1.40. The van der Waals surface area contributed by atoms with E-state index in [-0.39, 0.29) is 12.1 Å². The number of H-pyrrole nitrogens is 1. The van der Waals surface area contributed by atoms with E-state index in [1.54, 1.807) is 6.92 Å². The highest BCUT2D eigenvalue weighted by molar-refractivity contribution is 5.09. The molecular weight excluding hydrogens is 120 g/mol. The van der Waals surface area contributed by atoms with Crippen molar-refractivity contribution in [3.05, 3.63) is 21.7 Å².